The minimum atomic E-state index is -0.945. The second-order valence-corrected chi connectivity index (χ2v) is 10.8. The molecule has 1 unspecified atom stereocenters. The van der Waals surface area contributed by atoms with Crippen molar-refractivity contribution in [3.05, 3.63) is 0 Å². The Bertz CT molecular complexity index is 192. The van der Waals surface area contributed by atoms with E-state index in [0.29, 0.717) is 12.6 Å². The third-order valence-corrected chi connectivity index (χ3v) is 3.97. The highest BCUT2D eigenvalue weighted by atomic mass is 28.3. The first-order valence-electron chi connectivity index (χ1n) is 5.51. The summed E-state index contributed by atoms with van der Waals surface area (Å²) in [6.45, 7) is 10.7. The van der Waals surface area contributed by atoms with Crippen molar-refractivity contribution in [2.75, 3.05) is 13.1 Å². The molecule has 5 heteroatoms. The van der Waals surface area contributed by atoms with Crippen LogP contribution in [0.2, 0.25) is 25.7 Å². The highest BCUT2D eigenvalue weighted by molar-refractivity contribution is 6.76. The van der Waals surface area contributed by atoms with Crippen LogP contribution >= 0.6 is 0 Å². The van der Waals surface area contributed by atoms with Crippen molar-refractivity contribution >= 4 is 14.2 Å². The molecular weight excluding hydrogens is 208 g/mol. The van der Waals surface area contributed by atoms with Crippen LogP contribution in [0, 0.1) is 0 Å². The molecule has 0 aromatic carbocycles. The second kappa shape index (κ2) is 6.84. The monoisotopic (exact) mass is 232 g/mol. The SMILES string of the molecule is CC(CCNC(=O)O)NCC[Si](C)(C)C. The number of carboxylic acid groups (broad SMARTS) is 1. The number of rotatable bonds is 7. The predicted octanol–water partition coefficient (Wildman–Crippen LogP) is 1.96. The summed E-state index contributed by atoms with van der Waals surface area (Å²) < 4.78 is 0. The zero-order valence-electron chi connectivity index (χ0n) is 10.3. The Hall–Kier alpha value is -0.553. The molecule has 4 nitrogen and oxygen atoms in total. The molecule has 0 aromatic heterocycles. The average Bonchev–Trinajstić information content (AvgIpc) is 2.00. The Morgan fingerprint density at radius 3 is 2.40 bits per heavy atom. The maximum Gasteiger partial charge on any atom is 0.404 e. The van der Waals surface area contributed by atoms with Crippen molar-refractivity contribution < 1.29 is 9.90 Å². The Morgan fingerprint density at radius 2 is 1.93 bits per heavy atom. The minimum absolute atomic E-state index is 0.383. The van der Waals surface area contributed by atoms with Crippen LogP contribution in [0.4, 0.5) is 4.79 Å². The van der Waals surface area contributed by atoms with Gasteiger partial charge in [-0.05, 0) is 25.9 Å². The topological polar surface area (TPSA) is 61.4 Å². The summed E-state index contributed by atoms with van der Waals surface area (Å²) >= 11 is 0. The quantitative estimate of drug-likeness (QED) is 0.588. The number of hydrogen-bond donors (Lipinski definition) is 3. The fourth-order valence-corrected chi connectivity index (χ4v) is 2.09. The Balaban J connectivity index is 3.41. The summed E-state index contributed by atoms with van der Waals surface area (Å²) in [5.74, 6) is 0. The molecule has 0 saturated carbocycles. The lowest BCUT2D eigenvalue weighted by Crippen LogP contribution is -2.35. The van der Waals surface area contributed by atoms with E-state index in [1.165, 1.54) is 6.04 Å². The van der Waals surface area contributed by atoms with E-state index in [0.717, 1.165) is 13.0 Å². The molecule has 15 heavy (non-hydrogen) atoms. The van der Waals surface area contributed by atoms with E-state index >= 15 is 0 Å². The van der Waals surface area contributed by atoms with Crippen molar-refractivity contribution in [1.82, 2.24) is 10.6 Å². The molecular formula is C10H24N2O2Si. The van der Waals surface area contributed by atoms with Gasteiger partial charge in [-0.15, -0.1) is 0 Å². The standard InChI is InChI=1S/C10H24N2O2Si/c1-9(5-6-12-10(13)14)11-7-8-15(2,3)4/h9,11-12H,5-8H2,1-4H3,(H,13,14). The van der Waals surface area contributed by atoms with Gasteiger partial charge in [-0.1, -0.05) is 19.6 Å². The molecule has 0 fully saturated rings. The lowest BCUT2D eigenvalue weighted by atomic mass is 10.2. The third-order valence-electron chi connectivity index (χ3n) is 2.22. The smallest absolute Gasteiger partial charge is 0.404 e. The molecule has 0 bridgehead atoms. The van der Waals surface area contributed by atoms with Gasteiger partial charge in [0.05, 0.1) is 0 Å². The van der Waals surface area contributed by atoms with E-state index in [2.05, 4.69) is 37.2 Å². The van der Waals surface area contributed by atoms with Crippen molar-refractivity contribution in [1.29, 1.82) is 0 Å². The Labute approximate surface area is 93.5 Å². The third kappa shape index (κ3) is 11.4. The lowest BCUT2D eigenvalue weighted by molar-refractivity contribution is 0.194. The Kier molecular flexibility index (Phi) is 6.59. The van der Waals surface area contributed by atoms with Crippen LogP contribution in [0.5, 0.6) is 0 Å². The van der Waals surface area contributed by atoms with E-state index in [-0.39, 0.29) is 0 Å². The first-order chi connectivity index (χ1) is 6.81. The van der Waals surface area contributed by atoms with Gasteiger partial charge < -0.3 is 15.7 Å². The fourth-order valence-electron chi connectivity index (χ4n) is 1.19. The molecule has 0 saturated heterocycles. The highest BCUT2D eigenvalue weighted by Gasteiger charge is 2.12. The van der Waals surface area contributed by atoms with E-state index < -0.39 is 14.2 Å². The van der Waals surface area contributed by atoms with E-state index in [1.54, 1.807) is 0 Å². The first kappa shape index (κ1) is 14.4. The fraction of sp³-hybridized carbons (Fsp3) is 0.900. The normalized spacial score (nSPS) is 13.6. The number of carbonyl (C=O) groups is 1. The first-order valence-corrected chi connectivity index (χ1v) is 9.22. The predicted molar refractivity (Wildman–Crippen MR) is 66.3 cm³/mol. The number of amides is 1. The zero-order chi connectivity index (χ0) is 11.9. The summed E-state index contributed by atoms with van der Waals surface area (Å²) in [6.07, 6.45) is -0.0952. The summed E-state index contributed by atoms with van der Waals surface area (Å²) in [4.78, 5) is 10.2. The molecule has 0 heterocycles. The van der Waals surface area contributed by atoms with Crippen LogP contribution < -0.4 is 10.6 Å². The molecule has 0 aliphatic rings. The van der Waals surface area contributed by atoms with Gasteiger partial charge in [-0.3, -0.25) is 0 Å². The van der Waals surface area contributed by atoms with Gasteiger partial charge in [0.1, 0.15) is 0 Å². The van der Waals surface area contributed by atoms with Crippen molar-refractivity contribution in [3.63, 3.8) is 0 Å². The summed E-state index contributed by atoms with van der Waals surface area (Å²) in [7, 11) is -0.945. The van der Waals surface area contributed by atoms with Gasteiger partial charge in [0, 0.05) is 20.7 Å². The lowest BCUT2D eigenvalue weighted by Gasteiger charge is -2.19. The molecule has 1 atom stereocenters. The van der Waals surface area contributed by atoms with E-state index in [9.17, 15) is 4.79 Å². The molecule has 0 aliphatic heterocycles. The van der Waals surface area contributed by atoms with Crippen LogP contribution in [0.3, 0.4) is 0 Å². The van der Waals surface area contributed by atoms with Crippen LogP contribution in [0.25, 0.3) is 0 Å². The molecule has 0 aromatic rings. The molecule has 0 radical (unpaired) electrons. The number of nitrogens with one attached hydrogen (secondary N) is 2. The molecule has 90 valence electrons. The highest BCUT2D eigenvalue weighted by Crippen LogP contribution is 2.06. The molecule has 1 amide bonds. The summed E-state index contributed by atoms with van der Waals surface area (Å²) in [5, 5.41) is 14.2. The van der Waals surface area contributed by atoms with Gasteiger partial charge in [-0.25, -0.2) is 4.79 Å². The number of hydrogen-bond acceptors (Lipinski definition) is 2. The molecule has 3 N–H and O–H groups in total. The van der Waals surface area contributed by atoms with Crippen LogP contribution in [-0.4, -0.2) is 38.4 Å². The minimum Gasteiger partial charge on any atom is -0.465 e. The van der Waals surface area contributed by atoms with Crippen LogP contribution in [0.15, 0.2) is 0 Å². The van der Waals surface area contributed by atoms with E-state index in [4.69, 9.17) is 5.11 Å². The van der Waals surface area contributed by atoms with Gasteiger partial charge in [0.2, 0.25) is 0 Å². The van der Waals surface area contributed by atoms with E-state index in [1.807, 2.05) is 0 Å². The molecule has 0 spiro atoms. The van der Waals surface area contributed by atoms with Gasteiger partial charge in [-0.2, -0.15) is 0 Å². The van der Waals surface area contributed by atoms with Crippen molar-refractivity contribution in [2.24, 2.45) is 0 Å². The van der Waals surface area contributed by atoms with Gasteiger partial charge in [0.25, 0.3) is 0 Å². The van der Waals surface area contributed by atoms with Crippen LogP contribution in [-0.2, 0) is 0 Å². The molecule has 0 rings (SSSR count). The Morgan fingerprint density at radius 1 is 1.33 bits per heavy atom. The second-order valence-electron chi connectivity index (χ2n) is 5.19. The zero-order valence-corrected chi connectivity index (χ0v) is 11.3. The van der Waals surface area contributed by atoms with Crippen molar-refractivity contribution in [3.8, 4) is 0 Å². The van der Waals surface area contributed by atoms with Crippen LogP contribution in [0.1, 0.15) is 13.3 Å². The largest absolute Gasteiger partial charge is 0.465 e. The van der Waals surface area contributed by atoms with Gasteiger partial charge >= 0.3 is 6.09 Å². The average molecular weight is 232 g/mol. The summed E-state index contributed by atoms with van der Waals surface area (Å²) in [6, 6.07) is 1.65. The summed E-state index contributed by atoms with van der Waals surface area (Å²) in [5.41, 5.74) is 0. The van der Waals surface area contributed by atoms with Crippen molar-refractivity contribution in [2.45, 2.75) is 45.1 Å². The molecule has 0 aliphatic carbocycles. The maximum atomic E-state index is 10.2. The maximum absolute atomic E-state index is 10.2. The van der Waals surface area contributed by atoms with Gasteiger partial charge in [0.15, 0.2) is 0 Å².